The molecule has 0 heterocycles. The average Bonchev–Trinajstić information content (AvgIpc) is 0.686. The van der Waals surface area contributed by atoms with Gasteiger partial charge in [-0.15, -0.1) is 21.9 Å². The van der Waals surface area contributed by atoms with Crippen LogP contribution in [-0.4, -0.2) is 12.3 Å². The maximum Gasteiger partial charge on any atom is 0.416 e. The van der Waals surface area contributed by atoms with E-state index in [0.29, 0.717) is 47.0 Å². The Bertz CT molecular complexity index is 4340. The molecular weight excluding hydrogens is 1400 g/mol. The zero-order valence-corrected chi connectivity index (χ0v) is 49.9. The first kappa shape index (κ1) is 76.8. The van der Waals surface area contributed by atoms with Gasteiger partial charge in [-0.05, 0) is 72.2 Å². The molecule has 0 saturated heterocycles. The molecule has 8 aromatic carbocycles. The molecule has 0 atom stereocenters. The topological polar surface area (TPSA) is 0 Å². The number of rotatable bonds is 13. The first-order chi connectivity index (χ1) is 45.5. The van der Waals surface area contributed by atoms with E-state index in [1.165, 1.54) is 45.9 Å². The number of alkyl halides is 12. The normalized spacial score (nSPS) is 12.4. The van der Waals surface area contributed by atoms with Gasteiger partial charge in [-0.2, -0.15) is 74.5 Å². The minimum Gasteiger partial charge on any atom is -0.207 e. The highest BCUT2D eigenvalue weighted by Gasteiger charge is 2.53. The van der Waals surface area contributed by atoms with E-state index in [1.54, 1.807) is 0 Å². The fourth-order valence-corrected chi connectivity index (χ4v) is 12.6. The van der Waals surface area contributed by atoms with Crippen LogP contribution in [-0.2, 0) is 24.7 Å². The van der Waals surface area contributed by atoms with Gasteiger partial charge in [0.2, 0.25) is 0 Å². The molecule has 99 heavy (non-hydrogen) atoms. The lowest BCUT2D eigenvalue weighted by molar-refractivity contribution is -0.143. The molecule has 8 rings (SSSR count). The van der Waals surface area contributed by atoms with Crippen molar-refractivity contribution in [3.63, 3.8) is 0 Å². The molecule has 0 aliphatic heterocycles. The van der Waals surface area contributed by atoms with Gasteiger partial charge >= 0.3 is 24.7 Å². The third-order valence-corrected chi connectivity index (χ3v) is 16.7. The lowest BCUT2D eigenvalue weighted by Gasteiger charge is -2.46. The van der Waals surface area contributed by atoms with Gasteiger partial charge in [0, 0.05) is 0 Å². The van der Waals surface area contributed by atoms with E-state index >= 15 is 43.9 Å². The van der Waals surface area contributed by atoms with Crippen molar-refractivity contribution in [2.45, 2.75) is 52.4 Å². The van der Waals surface area contributed by atoms with Crippen LogP contribution in [0.25, 0.3) is 30.4 Å². The Kier molecular flexibility index (Phi) is 20.6. The molecule has 8 aromatic rings. The number of hydrogen-bond acceptors (Lipinski definition) is 0. The van der Waals surface area contributed by atoms with E-state index in [-0.39, 0.29) is 22.7 Å². The van der Waals surface area contributed by atoms with Crippen LogP contribution in [0.2, 0.25) is 0 Å². The van der Waals surface area contributed by atoms with Gasteiger partial charge < -0.3 is 0 Å². The lowest BCUT2D eigenvalue weighted by atomic mass is 9.12. The van der Waals surface area contributed by atoms with E-state index in [4.69, 9.17) is 0 Å². The van der Waals surface area contributed by atoms with Crippen LogP contribution < -0.4 is 43.7 Å². The second-order valence-corrected chi connectivity index (χ2v) is 22.0. The summed E-state index contributed by atoms with van der Waals surface area (Å²) >= 11 is 0. The summed E-state index contributed by atoms with van der Waals surface area (Å²) < 4.78 is 462. The molecule has 0 amide bonds. The summed E-state index contributed by atoms with van der Waals surface area (Å²) in [4.78, 5) is 0. The highest BCUT2D eigenvalue weighted by Crippen LogP contribution is 2.42. The first-order valence-electron chi connectivity index (χ1n) is 27.3. The maximum atomic E-state index is 15.7. The molecule has 0 aliphatic rings. The molecule has 0 aromatic heterocycles. The lowest BCUT2D eigenvalue weighted by Crippen LogP contribution is -2.81. The zero-order chi connectivity index (χ0) is 75.3. The number of hydrogen-bond donors (Lipinski definition) is 0. The van der Waals surface area contributed by atoms with Crippen LogP contribution in [0.1, 0.15) is 72.3 Å². The fraction of sp³-hybridized carbons (Fsp3) is 0.121. The van der Waals surface area contributed by atoms with Crippen LogP contribution in [0.3, 0.4) is 0 Å². The Morgan fingerprint density at radius 3 is 0.606 bits per heavy atom. The van der Waals surface area contributed by atoms with Crippen LogP contribution in [0.15, 0.2) is 81.4 Å². The van der Waals surface area contributed by atoms with Crippen molar-refractivity contribution in [3.05, 3.63) is 264 Å². The Labute approximate surface area is 537 Å². The maximum absolute atomic E-state index is 15.7. The quantitative estimate of drug-likeness (QED) is 0.0467. The summed E-state index contributed by atoms with van der Waals surface area (Å²) in [6.45, 7) is 22.0. The highest BCUT2D eigenvalue weighted by atomic mass is 19.4. The van der Waals surface area contributed by atoms with Crippen molar-refractivity contribution in [2.75, 3.05) is 0 Å². The smallest absolute Gasteiger partial charge is 0.207 e. The van der Waals surface area contributed by atoms with Crippen molar-refractivity contribution in [1.82, 2.24) is 0 Å². The highest BCUT2D eigenvalue weighted by molar-refractivity contribution is 7.20. The second-order valence-electron chi connectivity index (χ2n) is 22.0. The molecular formula is C66H35B2F31-2. The predicted molar refractivity (Wildman–Crippen MR) is 309 cm³/mol. The zero-order valence-electron chi connectivity index (χ0n) is 49.9. The van der Waals surface area contributed by atoms with Crippen molar-refractivity contribution in [2.24, 2.45) is 0 Å². The molecule has 0 saturated carbocycles. The van der Waals surface area contributed by atoms with Gasteiger partial charge in [0.05, 0.1) is 27.8 Å². The third-order valence-electron chi connectivity index (χ3n) is 16.7. The molecule has 0 fully saturated rings. The minimum absolute atomic E-state index is 0.107. The SMILES string of the molecule is C=Cc1c(C)cc([B-](c2cc(C)c(C=C)c(C(F)(F)F)c2)(c2cc(C)c(C=C)c(C(F)(F)F)c2)c2cc(C(F)(F)F)c(C=C)c(C(F)(F)F)c2)cc1C.C=Cc1c(F)c(F)c([B-](c2c(F)c(F)c(F)c(F)c2F)(c2c(F)c(F)c(F)c(F)c2F)c2c(F)c(F)c(F)c(F)c2F)c(F)c1F. The van der Waals surface area contributed by atoms with Crippen LogP contribution in [0.4, 0.5) is 136 Å². The molecule has 0 unspecified atom stereocenters. The van der Waals surface area contributed by atoms with Crippen molar-refractivity contribution in [3.8, 4) is 0 Å². The van der Waals surface area contributed by atoms with Gasteiger partial charge in [0.1, 0.15) is 58.8 Å². The monoisotopic (exact) mass is 1440 g/mol. The standard InChI is InChI=1S/C40H32BF12.C26H3BF19/c1-9-29-21(5)13-25(14-22(29)6)41(26-15-23(7)30(10-2)33(17-26)37(42,43)44,27-16-24(8)31(11-3)34(18-27)38(45,46)47)28-19-35(39(48,49)50)32(12-4)36(20-28)40(51,52)53;1-2-3-8(28)10(30)4(11(31)9(3)29)27(5-12(32)18(38)24(44)19(39)13(5)33,6-14(34)20(40)25(45)21(41)15(6)35)7-16(36)22(42)26(46)23(43)17(7)37/h9-20H,1-4H2,5-8H3;2H,1H2/q2*-1. The largest absolute Gasteiger partial charge is 0.416 e. The van der Waals surface area contributed by atoms with Crippen molar-refractivity contribution in [1.29, 1.82) is 0 Å². The summed E-state index contributed by atoms with van der Waals surface area (Å²) in [6.07, 6.45) is -28.7. The van der Waals surface area contributed by atoms with Gasteiger partial charge in [-0.1, -0.05) is 112 Å². The van der Waals surface area contributed by atoms with E-state index in [1.807, 2.05) is 0 Å². The predicted octanol–water partition coefficient (Wildman–Crippen LogP) is 17.3. The molecule has 0 nitrogen and oxygen atoms in total. The number of aryl methyl sites for hydroxylation is 4. The van der Waals surface area contributed by atoms with Crippen LogP contribution >= 0.6 is 0 Å². The van der Waals surface area contributed by atoms with Gasteiger partial charge in [0.15, 0.2) is 64.0 Å². The number of halogens is 31. The fourth-order valence-electron chi connectivity index (χ4n) is 12.6. The minimum atomic E-state index is -7.09. The molecule has 33 heteroatoms. The Morgan fingerprint density at radius 2 is 0.394 bits per heavy atom. The Balaban J connectivity index is 0.000000281. The summed E-state index contributed by atoms with van der Waals surface area (Å²) in [5, 5.41) is 0. The molecule has 0 aliphatic carbocycles. The molecule has 0 N–H and O–H groups in total. The summed E-state index contributed by atoms with van der Waals surface area (Å²) in [7, 11) is 0. The van der Waals surface area contributed by atoms with E-state index < -0.39 is 230 Å². The Morgan fingerprint density at radius 1 is 0.222 bits per heavy atom. The molecule has 0 spiro atoms. The van der Waals surface area contributed by atoms with Gasteiger partial charge in [0.25, 0.3) is 0 Å². The van der Waals surface area contributed by atoms with E-state index in [0.717, 1.165) is 24.3 Å². The van der Waals surface area contributed by atoms with Crippen molar-refractivity contribution < 1.29 is 136 Å². The number of benzene rings is 8. The molecule has 524 valence electrons. The average molecular weight is 1440 g/mol. The Hall–Kier alpha value is -9.58. The van der Waals surface area contributed by atoms with E-state index in [2.05, 4.69) is 32.9 Å². The van der Waals surface area contributed by atoms with Crippen molar-refractivity contribution >= 4 is 86.4 Å². The summed E-state index contributed by atoms with van der Waals surface area (Å²) in [5.41, 5.74) is -25.6. The van der Waals surface area contributed by atoms with Crippen LogP contribution in [0, 0.1) is 138 Å². The second kappa shape index (κ2) is 26.6. The van der Waals surface area contributed by atoms with Crippen LogP contribution in [0.5, 0.6) is 0 Å². The third kappa shape index (κ3) is 12.2. The molecule has 0 radical (unpaired) electrons. The summed E-state index contributed by atoms with van der Waals surface area (Å²) in [5.74, 6) is -65.3. The first-order valence-corrected chi connectivity index (χ1v) is 27.3. The van der Waals surface area contributed by atoms with Gasteiger partial charge in [-0.25, -0.2) is 83.4 Å². The van der Waals surface area contributed by atoms with Gasteiger partial charge in [-0.3, -0.25) is 0 Å². The summed E-state index contributed by atoms with van der Waals surface area (Å²) in [6, 6.07) is 6.75. The molecule has 0 bridgehead atoms. The van der Waals surface area contributed by atoms with E-state index in [9.17, 15) is 92.2 Å².